The molecule has 3 aliphatic heterocycles. The third kappa shape index (κ3) is 18.3. The number of nitrogens with zero attached hydrogens (tertiary/aromatic N) is 8. The zero-order valence-corrected chi connectivity index (χ0v) is 64.0. The molecule has 6 bridgehead atoms. The second-order valence-electron chi connectivity index (χ2n) is 31.3. The normalized spacial score (nSPS) is 17.9. The van der Waals surface area contributed by atoms with E-state index >= 15 is 0 Å². The topological polar surface area (TPSA) is 287 Å². The summed E-state index contributed by atoms with van der Waals surface area (Å²) in [5, 5.41) is 35.6. The summed E-state index contributed by atoms with van der Waals surface area (Å²) in [6.45, 7) is 34.3. The number of aliphatic hydroxyl groups is 1. The van der Waals surface area contributed by atoms with E-state index in [0.29, 0.717) is 61.6 Å². The van der Waals surface area contributed by atoms with Gasteiger partial charge in [0.05, 0.1) is 50.8 Å². The van der Waals surface area contributed by atoms with E-state index in [1.807, 2.05) is 35.3 Å². The van der Waals surface area contributed by atoms with Crippen LogP contribution in [-0.4, -0.2) is 147 Å². The number of amides is 4. The SMILES string of the molecule is CCn1c(-c2cccnc2C(C)C)c(CC(C)(C)CO)c2cc(-c3csc(C[C@H](NC(=O)OC(C)(C)C)C(=O)N4CCC[C@@H](C(=O)O)N4)n3)ccc21.CCn1c(-c2cccnc2C(C)C)c2c3cc(ccc31)-c1csc(n1)C[C@H](NC(=O)OC(C)(C)C)C(=O)N1CCC[C@H](N1)C(=O)OCC(C)(C)C2. The van der Waals surface area contributed by atoms with Gasteiger partial charge in [-0.1, -0.05) is 67.5 Å². The van der Waals surface area contributed by atoms with Gasteiger partial charge in [-0.3, -0.25) is 39.2 Å². The highest BCUT2D eigenvalue weighted by Gasteiger charge is 2.39. The van der Waals surface area contributed by atoms with E-state index in [2.05, 4.69) is 148 Å². The first-order chi connectivity index (χ1) is 48.6. The van der Waals surface area contributed by atoms with Crippen LogP contribution in [0.5, 0.6) is 0 Å². The molecule has 103 heavy (non-hydrogen) atoms. The average Bonchev–Trinajstić information content (AvgIpc) is 1.60. The molecule has 23 nitrogen and oxygen atoms in total. The summed E-state index contributed by atoms with van der Waals surface area (Å²) in [7, 11) is 0. The maximum Gasteiger partial charge on any atom is 0.408 e. The number of aryl methyl sites for hydroxylation is 2. The number of nitrogens with one attached hydrogen (secondary N) is 4. The monoisotopic (exact) mass is 1450 g/mol. The summed E-state index contributed by atoms with van der Waals surface area (Å²) in [5.74, 6) is -1.84. The molecule has 552 valence electrons. The van der Waals surface area contributed by atoms with E-state index in [9.17, 15) is 39.0 Å². The zero-order chi connectivity index (χ0) is 74.6. The van der Waals surface area contributed by atoms with Crippen molar-refractivity contribution in [1.82, 2.24) is 60.6 Å². The molecule has 0 aliphatic carbocycles. The minimum Gasteiger partial charge on any atom is -0.480 e. The number of thiazole rings is 2. The van der Waals surface area contributed by atoms with Gasteiger partial charge in [0.1, 0.15) is 35.4 Å². The Morgan fingerprint density at radius 3 is 1.94 bits per heavy atom. The largest absolute Gasteiger partial charge is 0.480 e. The number of aliphatic carboxylic acids is 1. The molecule has 3 aliphatic rings. The Labute approximate surface area is 611 Å². The molecular weight excluding hydrogens is 1350 g/mol. The van der Waals surface area contributed by atoms with E-state index in [1.54, 1.807) is 41.5 Å². The lowest BCUT2D eigenvalue weighted by atomic mass is 9.84. The van der Waals surface area contributed by atoms with Gasteiger partial charge in [0.2, 0.25) is 0 Å². The summed E-state index contributed by atoms with van der Waals surface area (Å²) >= 11 is 2.83. The quantitative estimate of drug-likeness (QED) is 0.0387. The van der Waals surface area contributed by atoms with E-state index < -0.39 is 70.8 Å². The number of fused-ring (bicyclic) bond motifs is 7. The molecule has 6 aromatic heterocycles. The number of esters is 1. The summed E-state index contributed by atoms with van der Waals surface area (Å²) in [6.07, 6.45) is 5.84. The van der Waals surface area contributed by atoms with Gasteiger partial charge >= 0.3 is 24.1 Å². The fraction of sp³-hybridized carbons (Fsp3) is 0.513. The highest BCUT2D eigenvalue weighted by molar-refractivity contribution is 7.10. The number of carbonyl (C=O) groups excluding carboxylic acids is 5. The fourth-order valence-electron chi connectivity index (χ4n) is 13.7. The summed E-state index contributed by atoms with van der Waals surface area (Å²) in [6, 6.07) is 17.5. The number of pyridine rings is 2. The van der Waals surface area contributed by atoms with Crippen LogP contribution in [0, 0.1) is 10.8 Å². The molecule has 2 fully saturated rings. The van der Waals surface area contributed by atoms with E-state index in [1.165, 1.54) is 38.3 Å². The highest BCUT2D eigenvalue weighted by Crippen LogP contribution is 2.44. The Morgan fingerprint density at radius 2 is 1.33 bits per heavy atom. The number of rotatable bonds is 16. The number of hydrogen-bond donors (Lipinski definition) is 6. The van der Waals surface area contributed by atoms with Crippen molar-refractivity contribution in [1.29, 1.82) is 0 Å². The number of hydrogen-bond acceptors (Lipinski definition) is 18. The molecule has 8 aromatic rings. The average molecular weight is 1450 g/mol. The first-order valence-corrected chi connectivity index (χ1v) is 37.7. The molecule has 0 unspecified atom stereocenters. The standard InChI is InChI=1S/C39H52N6O6S.C39H50N6O5S/c1-9-44-31-15-14-24(18-26(31)27(20-39(7,8)22-46)34(44)25-12-10-16-40-33(25)23(2)3)30-21-52-32(41-30)19-29(42-37(50)51-38(4,5)6)35(47)45-17-11-13-28(43-45)36(48)49;1-9-44-31-15-14-24-18-26(31)27(34(44)25-12-10-16-40-33(25)23(2)3)20-39(7,8)22-49-36(47)28-13-11-17-45(43-28)35(46)29(19-32-41-30(24)21-51-32)42-37(48)50-38(4,5)6/h10,12,14-16,18,21,23,28-29,43,46H,9,11,13,17,19-20,22H2,1-8H3,(H,42,50)(H,48,49);10,12,14-16,18,21,23,28-29,43H,9,11,13,17,19-20,22H2,1-8H3,(H,42,48)/t2*28-,29-/m00/s1. The molecule has 9 heterocycles. The van der Waals surface area contributed by atoms with Crippen molar-refractivity contribution >= 4 is 80.4 Å². The molecule has 2 saturated heterocycles. The summed E-state index contributed by atoms with van der Waals surface area (Å²) in [5.41, 5.74) is 18.0. The van der Waals surface area contributed by atoms with E-state index in [0.717, 1.165) is 96.9 Å². The van der Waals surface area contributed by atoms with Crippen LogP contribution in [0.4, 0.5) is 9.59 Å². The minimum absolute atomic E-state index is 0.0333. The Bertz CT molecular complexity index is 4420. The molecule has 4 amide bonds. The van der Waals surface area contributed by atoms with Crippen molar-refractivity contribution in [2.75, 3.05) is 26.3 Å². The van der Waals surface area contributed by atoms with Crippen molar-refractivity contribution in [3.05, 3.63) is 116 Å². The van der Waals surface area contributed by atoms with Crippen molar-refractivity contribution < 1.29 is 53.2 Å². The smallest absolute Gasteiger partial charge is 0.408 e. The summed E-state index contributed by atoms with van der Waals surface area (Å²) < 4.78 is 21.7. The molecule has 0 saturated carbocycles. The number of aromatic nitrogens is 6. The van der Waals surface area contributed by atoms with Gasteiger partial charge in [0, 0.05) is 118 Å². The Kier molecular flexibility index (Phi) is 23.8. The highest BCUT2D eigenvalue weighted by atomic mass is 32.1. The molecule has 0 radical (unpaired) electrons. The third-order valence-electron chi connectivity index (χ3n) is 18.5. The molecule has 11 rings (SSSR count). The maximum atomic E-state index is 14.0. The number of aliphatic hydroxyl groups excluding tert-OH is 1. The first kappa shape index (κ1) is 77.0. The predicted molar refractivity (Wildman–Crippen MR) is 402 cm³/mol. The molecule has 25 heteroatoms. The molecule has 0 spiro atoms. The van der Waals surface area contributed by atoms with Gasteiger partial charge in [-0.2, -0.15) is 0 Å². The molecule has 4 atom stereocenters. The van der Waals surface area contributed by atoms with Crippen molar-refractivity contribution in [3.63, 3.8) is 0 Å². The van der Waals surface area contributed by atoms with Gasteiger partial charge in [-0.15, -0.1) is 22.7 Å². The molecule has 6 N–H and O–H groups in total. The first-order valence-electron chi connectivity index (χ1n) is 35.9. The van der Waals surface area contributed by atoms with Gasteiger partial charge in [-0.25, -0.2) is 30.4 Å². The number of carbonyl (C=O) groups is 6. The number of cyclic esters (lactones) is 1. The van der Waals surface area contributed by atoms with E-state index in [4.69, 9.17) is 34.1 Å². The number of benzene rings is 2. The predicted octanol–water partition coefficient (Wildman–Crippen LogP) is 13.6. The van der Waals surface area contributed by atoms with Crippen LogP contribution in [0.1, 0.15) is 181 Å². The maximum absolute atomic E-state index is 14.0. The van der Waals surface area contributed by atoms with Crippen LogP contribution in [-0.2, 0) is 72.2 Å². The van der Waals surface area contributed by atoms with Crippen molar-refractivity contribution in [2.24, 2.45) is 10.8 Å². The third-order valence-corrected chi connectivity index (χ3v) is 20.3. The van der Waals surface area contributed by atoms with Crippen molar-refractivity contribution in [3.8, 4) is 45.0 Å². The number of carboxylic acid groups (broad SMARTS) is 1. The van der Waals surface area contributed by atoms with Crippen LogP contribution in [0.3, 0.4) is 0 Å². The Balaban J connectivity index is 0.000000221. The zero-order valence-electron chi connectivity index (χ0n) is 62.4. The van der Waals surface area contributed by atoms with Crippen molar-refractivity contribution in [2.45, 2.75) is 222 Å². The Hall–Kier alpha value is -8.62. The van der Waals surface area contributed by atoms with Gasteiger partial charge < -0.3 is 44.2 Å². The van der Waals surface area contributed by atoms with Gasteiger partial charge in [-0.05, 0) is 171 Å². The number of ether oxygens (including phenoxy) is 3. The lowest BCUT2D eigenvalue weighted by Gasteiger charge is -2.35. The number of carboxylic acids is 1. The molecule has 2 aromatic carbocycles. The van der Waals surface area contributed by atoms with Gasteiger partial charge in [0.15, 0.2) is 0 Å². The fourth-order valence-corrected chi connectivity index (χ4v) is 15.4. The lowest BCUT2D eigenvalue weighted by molar-refractivity contribution is -0.155. The van der Waals surface area contributed by atoms with Crippen LogP contribution >= 0.6 is 22.7 Å². The number of alkyl carbamates (subject to hydrolysis) is 2. The van der Waals surface area contributed by atoms with E-state index in [-0.39, 0.29) is 49.2 Å². The second kappa shape index (κ2) is 31.8. The molecular formula is C78H102N12O11S2. The lowest BCUT2D eigenvalue weighted by Crippen LogP contribution is -2.60. The van der Waals surface area contributed by atoms with Crippen LogP contribution in [0.2, 0.25) is 0 Å². The van der Waals surface area contributed by atoms with Crippen LogP contribution in [0.15, 0.2) is 83.8 Å². The van der Waals surface area contributed by atoms with Crippen LogP contribution < -0.4 is 21.5 Å². The summed E-state index contributed by atoms with van der Waals surface area (Å²) in [4.78, 5) is 98.3. The van der Waals surface area contributed by atoms with Gasteiger partial charge in [0.25, 0.3) is 11.8 Å². The number of hydrazine groups is 2. The minimum atomic E-state index is -1.04. The van der Waals surface area contributed by atoms with Crippen LogP contribution in [0.25, 0.3) is 66.8 Å². The second-order valence-corrected chi connectivity index (χ2v) is 33.1. The Morgan fingerprint density at radius 1 is 0.748 bits per heavy atom.